The lowest BCUT2D eigenvalue weighted by atomic mass is 10.1. The molecule has 5 heteroatoms. The van der Waals surface area contributed by atoms with Gasteiger partial charge >= 0.3 is 0 Å². The number of pyridine rings is 1. The van der Waals surface area contributed by atoms with E-state index in [0.29, 0.717) is 25.9 Å². The highest BCUT2D eigenvalue weighted by atomic mass is 16.2. The van der Waals surface area contributed by atoms with Crippen LogP contribution < -0.4 is 5.32 Å². The highest BCUT2D eigenvalue weighted by Gasteiger charge is 2.19. The predicted molar refractivity (Wildman–Crippen MR) is 80.6 cm³/mol. The van der Waals surface area contributed by atoms with Crippen LogP contribution in [0.3, 0.4) is 0 Å². The summed E-state index contributed by atoms with van der Waals surface area (Å²) in [7, 11) is 0. The van der Waals surface area contributed by atoms with Gasteiger partial charge in [0.2, 0.25) is 11.8 Å². The Morgan fingerprint density at radius 1 is 1.29 bits per heavy atom. The van der Waals surface area contributed by atoms with Crippen molar-refractivity contribution in [3.05, 3.63) is 30.1 Å². The average molecular weight is 289 g/mol. The number of aryl methyl sites for hydroxylation is 1. The minimum Gasteiger partial charge on any atom is -0.356 e. The highest BCUT2D eigenvalue weighted by Crippen LogP contribution is 2.10. The van der Waals surface area contributed by atoms with E-state index >= 15 is 0 Å². The fraction of sp³-hybridized carbons (Fsp3) is 0.562. The van der Waals surface area contributed by atoms with Crippen LogP contribution in [0.25, 0.3) is 0 Å². The second-order valence-corrected chi connectivity index (χ2v) is 5.40. The first-order chi connectivity index (χ1) is 10.3. The maximum absolute atomic E-state index is 11.7. The lowest BCUT2D eigenvalue weighted by Crippen LogP contribution is -2.28. The van der Waals surface area contributed by atoms with Gasteiger partial charge in [0.15, 0.2) is 0 Å². The first-order valence-corrected chi connectivity index (χ1v) is 7.69. The Morgan fingerprint density at radius 3 is 2.81 bits per heavy atom. The van der Waals surface area contributed by atoms with Crippen molar-refractivity contribution < 1.29 is 9.59 Å². The molecule has 1 aliphatic heterocycles. The normalized spacial score (nSPS) is 14.5. The molecule has 0 unspecified atom stereocenters. The van der Waals surface area contributed by atoms with Crippen molar-refractivity contribution in [2.45, 2.75) is 38.5 Å². The zero-order chi connectivity index (χ0) is 14.9. The van der Waals surface area contributed by atoms with Crippen LogP contribution in [0.5, 0.6) is 0 Å². The topological polar surface area (TPSA) is 62.3 Å². The molecule has 1 fully saturated rings. The summed E-state index contributed by atoms with van der Waals surface area (Å²) in [5, 5.41) is 2.93. The molecule has 1 N–H and O–H groups in total. The van der Waals surface area contributed by atoms with Gasteiger partial charge in [-0.2, -0.15) is 0 Å². The van der Waals surface area contributed by atoms with Crippen LogP contribution in [0.15, 0.2) is 24.5 Å². The van der Waals surface area contributed by atoms with Crippen molar-refractivity contribution in [2.75, 3.05) is 19.6 Å². The number of amides is 2. The molecule has 0 bridgehead atoms. The van der Waals surface area contributed by atoms with E-state index in [2.05, 4.69) is 10.3 Å². The molecule has 114 valence electrons. The van der Waals surface area contributed by atoms with Gasteiger partial charge in [0.1, 0.15) is 0 Å². The van der Waals surface area contributed by atoms with Crippen molar-refractivity contribution in [1.82, 2.24) is 15.2 Å². The lowest BCUT2D eigenvalue weighted by molar-refractivity contribution is -0.128. The zero-order valence-corrected chi connectivity index (χ0v) is 12.4. The van der Waals surface area contributed by atoms with Gasteiger partial charge in [-0.3, -0.25) is 14.6 Å². The number of likely N-dealkylation sites (tertiary alicyclic amines) is 1. The van der Waals surface area contributed by atoms with Gasteiger partial charge in [-0.15, -0.1) is 0 Å². The van der Waals surface area contributed by atoms with Crippen LogP contribution in [0.2, 0.25) is 0 Å². The van der Waals surface area contributed by atoms with E-state index in [9.17, 15) is 9.59 Å². The number of carbonyl (C=O) groups excluding carboxylic acids is 2. The standard InChI is InChI=1S/C16H23N3O2/c20-15(5-2-12-19-13-3-6-16(19)21)18-9-1-4-14-7-10-17-11-8-14/h7-8,10-11H,1-6,9,12-13H2,(H,18,20). The largest absolute Gasteiger partial charge is 0.356 e. The Balaban J connectivity index is 1.50. The fourth-order valence-electron chi connectivity index (χ4n) is 2.53. The first-order valence-electron chi connectivity index (χ1n) is 7.69. The minimum absolute atomic E-state index is 0.0800. The van der Waals surface area contributed by atoms with Gasteiger partial charge in [0, 0.05) is 44.9 Å². The van der Waals surface area contributed by atoms with Gasteiger partial charge in [0.25, 0.3) is 0 Å². The van der Waals surface area contributed by atoms with E-state index in [4.69, 9.17) is 0 Å². The fourth-order valence-corrected chi connectivity index (χ4v) is 2.53. The van der Waals surface area contributed by atoms with Gasteiger partial charge in [-0.1, -0.05) is 0 Å². The molecule has 1 aromatic rings. The monoisotopic (exact) mass is 289 g/mol. The van der Waals surface area contributed by atoms with E-state index < -0.39 is 0 Å². The number of aromatic nitrogens is 1. The van der Waals surface area contributed by atoms with Crippen LogP contribution in [0.4, 0.5) is 0 Å². The summed E-state index contributed by atoms with van der Waals surface area (Å²) in [6, 6.07) is 3.99. The third kappa shape index (κ3) is 5.53. The molecule has 0 spiro atoms. The minimum atomic E-state index is 0.0800. The maximum atomic E-state index is 11.7. The molecule has 0 radical (unpaired) electrons. The Hall–Kier alpha value is -1.91. The van der Waals surface area contributed by atoms with E-state index in [0.717, 1.165) is 32.2 Å². The van der Waals surface area contributed by atoms with Crippen LogP contribution in [-0.4, -0.2) is 41.3 Å². The Labute approximate surface area is 125 Å². The SMILES string of the molecule is O=C(CCCN1CCCC1=O)NCCCc1ccncc1. The molecule has 1 aliphatic rings. The van der Waals surface area contributed by atoms with Crippen LogP contribution >= 0.6 is 0 Å². The van der Waals surface area contributed by atoms with Crippen molar-refractivity contribution in [3.8, 4) is 0 Å². The quantitative estimate of drug-likeness (QED) is 0.738. The van der Waals surface area contributed by atoms with Crippen molar-refractivity contribution in [3.63, 3.8) is 0 Å². The van der Waals surface area contributed by atoms with E-state index in [-0.39, 0.29) is 11.8 Å². The Bertz CT molecular complexity index is 462. The Kier molecular flexibility index (Phi) is 6.19. The van der Waals surface area contributed by atoms with Gasteiger partial charge < -0.3 is 10.2 Å². The van der Waals surface area contributed by atoms with Crippen molar-refractivity contribution >= 4 is 11.8 Å². The van der Waals surface area contributed by atoms with E-state index in [1.165, 1.54) is 5.56 Å². The molecule has 2 amide bonds. The molecule has 0 aromatic carbocycles. The molecular formula is C16H23N3O2. The highest BCUT2D eigenvalue weighted by molar-refractivity contribution is 5.78. The smallest absolute Gasteiger partial charge is 0.222 e. The molecule has 2 heterocycles. The predicted octanol–water partition coefficient (Wildman–Crippen LogP) is 1.53. The second-order valence-electron chi connectivity index (χ2n) is 5.40. The van der Waals surface area contributed by atoms with Crippen LogP contribution in [0.1, 0.15) is 37.7 Å². The Morgan fingerprint density at radius 2 is 2.10 bits per heavy atom. The second kappa shape index (κ2) is 8.39. The van der Waals surface area contributed by atoms with E-state index in [1.807, 2.05) is 17.0 Å². The third-order valence-electron chi connectivity index (χ3n) is 3.72. The number of carbonyl (C=O) groups is 2. The van der Waals surface area contributed by atoms with E-state index in [1.54, 1.807) is 12.4 Å². The van der Waals surface area contributed by atoms with Gasteiger partial charge in [-0.05, 0) is 43.4 Å². The third-order valence-corrected chi connectivity index (χ3v) is 3.72. The van der Waals surface area contributed by atoms with Crippen molar-refractivity contribution in [1.29, 1.82) is 0 Å². The summed E-state index contributed by atoms with van der Waals surface area (Å²) >= 11 is 0. The summed E-state index contributed by atoms with van der Waals surface area (Å²) in [6.45, 7) is 2.26. The summed E-state index contributed by atoms with van der Waals surface area (Å²) in [4.78, 5) is 28.9. The van der Waals surface area contributed by atoms with Crippen molar-refractivity contribution in [2.24, 2.45) is 0 Å². The summed E-state index contributed by atoms with van der Waals surface area (Å²) in [5.74, 6) is 0.309. The molecule has 21 heavy (non-hydrogen) atoms. The molecule has 1 aromatic heterocycles. The van der Waals surface area contributed by atoms with Crippen LogP contribution in [-0.2, 0) is 16.0 Å². The molecule has 5 nitrogen and oxygen atoms in total. The first kappa shape index (κ1) is 15.5. The molecule has 0 aliphatic carbocycles. The maximum Gasteiger partial charge on any atom is 0.222 e. The average Bonchev–Trinajstić information content (AvgIpc) is 2.90. The zero-order valence-electron chi connectivity index (χ0n) is 12.4. The molecule has 1 saturated heterocycles. The molecule has 0 atom stereocenters. The summed E-state index contributed by atoms with van der Waals surface area (Å²) < 4.78 is 0. The van der Waals surface area contributed by atoms with Crippen LogP contribution in [0, 0.1) is 0 Å². The van der Waals surface area contributed by atoms with Gasteiger partial charge in [0.05, 0.1) is 0 Å². The lowest BCUT2D eigenvalue weighted by Gasteiger charge is -2.14. The number of hydrogen-bond donors (Lipinski definition) is 1. The number of hydrogen-bond acceptors (Lipinski definition) is 3. The summed E-state index contributed by atoms with van der Waals surface area (Å²) in [6.07, 6.45) is 8.33. The summed E-state index contributed by atoms with van der Waals surface area (Å²) in [5.41, 5.74) is 1.24. The molecule has 0 saturated carbocycles. The number of nitrogens with zero attached hydrogens (tertiary/aromatic N) is 2. The number of nitrogens with one attached hydrogen (secondary N) is 1. The van der Waals surface area contributed by atoms with Gasteiger partial charge in [-0.25, -0.2) is 0 Å². The molecule has 2 rings (SSSR count). The molecular weight excluding hydrogens is 266 g/mol. The number of rotatable bonds is 8.